The second-order valence-corrected chi connectivity index (χ2v) is 5.09. The zero-order valence-electron chi connectivity index (χ0n) is 10.8. The molecule has 2 rings (SSSR count). The molecule has 0 aromatic carbocycles. The van der Waals surface area contributed by atoms with E-state index >= 15 is 0 Å². The molecule has 0 saturated carbocycles. The van der Waals surface area contributed by atoms with Crippen molar-refractivity contribution in [2.24, 2.45) is 0 Å². The van der Waals surface area contributed by atoms with E-state index in [1.54, 1.807) is 0 Å². The first kappa shape index (κ1) is 13.2. The highest BCUT2D eigenvalue weighted by Gasteiger charge is 2.25. The van der Waals surface area contributed by atoms with Crippen LogP contribution in [0.1, 0.15) is 6.92 Å². The van der Waals surface area contributed by atoms with Gasteiger partial charge in [0.25, 0.3) is 0 Å². The van der Waals surface area contributed by atoms with Gasteiger partial charge < -0.3 is 15.2 Å². The SMILES string of the molecule is CC1CN(CCN2CCOCC2)C(CO)CN1. The minimum atomic E-state index is 0.253. The van der Waals surface area contributed by atoms with Crippen molar-refractivity contribution in [2.75, 3.05) is 59.1 Å². The fourth-order valence-corrected chi connectivity index (χ4v) is 2.58. The lowest BCUT2D eigenvalue weighted by Gasteiger charge is -2.39. The highest BCUT2D eigenvalue weighted by atomic mass is 16.5. The number of hydrogen-bond donors (Lipinski definition) is 2. The number of morpholine rings is 1. The lowest BCUT2D eigenvalue weighted by Crippen LogP contribution is -2.58. The Morgan fingerprint density at radius 3 is 2.76 bits per heavy atom. The number of nitrogens with zero attached hydrogens (tertiary/aromatic N) is 2. The molecule has 5 heteroatoms. The number of piperazine rings is 1. The van der Waals surface area contributed by atoms with Gasteiger partial charge in [-0.1, -0.05) is 0 Å². The molecule has 2 N–H and O–H groups in total. The zero-order chi connectivity index (χ0) is 12.1. The van der Waals surface area contributed by atoms with E-state index < -0.39 is 0 Å². The standard InChI is InChI=1S/C12H25N3O2/c1-11-9-15(12(10-16)8-13-11)3-2-14-4-6-17-7-5-14/h11-13,16H,2-10H2,1H3. The molecule has 0 aromatic heterocycles. The summed E-state index contributed by atoms with van der Waals surface area (Å²) < 4.78 is 5.35. The topological polar surface area (TPSA) is 48.0 Å². The quantitative estimate of drug-likeness (QED) is 0.661. The van der Waals surface area contributed by atoms with Crippen molar-refractivity contribution in [1.82, 2.24) is 15.1 Å². The average Bonchev–Trinajstić information content (AvgIpc) is 2.38. The average molecular weight is 243 g/mol. The molecule has 0 aliphatic carbocycles. The van der Waals surface area contributed by atoms with Crippen molar-refractivity contribution >= 4 is 0 Å². The van der Waals surface area contributed by atoms with Gasteiger partial charge in [0.05, 0.1) is 19.8 Å². The predicted octanol–water partition coefficient (Wildman–Crippen LogP) is -1.03. The summed E-state index contributed by atoms with van der Waals surface area (Å²) in [6.07, 6.45) is 0. The number of hydrogen-bond acceptors (Lipinski definition) is 5. The Morgan fingerprint density at radius 1 is 1.29 bits per heavy atom. The summed E-state index contributed by atoms with van der Waals surface area (Å²) in [7, 11) is 0. The second kappa shape index (κ2) is 6.66. The van der Waals surface area contributed by atoms with Crippen LogP contribution in [0.15, 0.2) is 0 Å². The normalized spacial score (nSPS) is 32.8. The summed E-state index contributed by atoms with van der Waals surface area (Å²) in [6.45, 7) is 10.4. The van der Waals surface area contributed by atoms with Gasteiger partial charge in [0.2, 0.25) is 0 Å². The van der Waals surface area contributed by atoms with Crippen LogP contribution in [0.5, 0.6) is 0 Å². The Morgan fingerprint density at radius 2 is 2.06 bits per heavy atom. The highest BCUT2D eigenvalue weighted by Crippen LogP contribution is 2.07. The van der Waals surface area contributed by atoms with E-state index in [1.165, 1.54) is 0 Å². The summed E-state index contributed by atoms with van der Waals surface area (Å²) in [5, 5.41) is 12.8. The first-order valence-corrected chi connectivity index (χ1v) is 6.68. The minimum Gasteiger partial charge on any atom is -0.395 e. The molecule has 100 valence electrons. The Hall–Kier alpha value is -0.200. The lowest BCUT2D eigenvalue weighted by molar-refractivity contribution is 0.0227. The van der Waals surface area contributed by atoms with Crippen LogP contribution >= 0.6 is 0 Å². The van der Waals surface area contributed by atoms with Crippen molar-refractivity contribution in [3.63, 3.8) is 0 Å². The molecule has 2 aliphatic rings. The van der Waals surface area contributed by atoms with E-state index in [-0.39, 0.29) is 12.6 Å². The van der Waals surface area contributed by atoms with Crippen molar-refractivity contribution in [1.29, 1.82) is 0 Å². The Kier molecular flexibility index (Phi) is 5.18. The van der Waals surface area contributed by atoms with Crippen molar-refractivity contribution < 1.29 is 9.84 Å². The van der Waals surface area contributed by atoms with E-state index in [4.69, 9.17) is 4.74 Å². The summed E-state index contributed by atoms with van der Waals surface area (Å²) in [5.74, 6) is 0. The third-order valence-corrected chi connectivity index (χ3v) is 3.74. The molecule has 0 bridgehead atoms. The van der Waals surface area contributed by atoms with Crippen molar-refractivity contribution in [3.05, 3.63) is 0 Å². The fraction of sp³-hybridized carbons (Fsp3) is 1.00. The molecular formula is C12H25N3O2. The van der Waals surface area contributed by atoms with Crippen LogP contribution in [0.2, 0.25) is 0 Å². The summed E-state index contributed by atoms with van der Waals surface area (Å²) in [5.41, 5.74) is 0. The van der Waals surface area contributed by atoms with Crippen LogP contribution in [-0.4, -0.2) is 86.1 Å². The van der Waals surface area contributed by atoms with Gasteiger partial charge in [-0.3, -0.25) is 9.80 Å². The monoisotopic (exact) mass is 243 g/mol. The predicted molar refractivity (Wildman–Crippen MR) is 67.2 cm³/mol. The van der Waals surface area contributed by atoms with Gasteiger partial charge in [-0.15, -0.1) is 0 Å². The largest absolute Gasteiger partial charge is 0.395 e. The Balaban J connectivity index is 1.74. The van der Waals surface area contributed by atoms with Gasteiger partial charge in [-0.2, -0.15) is 0 Å². The number of rotatable bonds is 4. The molecule has 0 radical (unpaired) electrons. The van der Waals surface area contributed by atoms with Gasteiger partial charge in [-0.05, 0) is 6.92 Å². The van der Waals surface area contributed by atoms with Crippen LogP contribution < -0.4 is 5.32 Å². The zero-order valence-corrected chi connectivity index (χ0v) is 10.8. The number of aliphatic hydroxyl groups excluding tert-OH is 1. The Labute approximate surface area is 104 Å². The number of aliphatic hydroxyl groups is 1. The summed E-state index contributed by atoms with van der Waals surface area (Å²) >= 11 is 0. The van der Waals surface area contributed by atoms with Crippen molar-refractivity contribution in [2.45, 2.75) is 19.0 Å². The van der Waals surface area contributed by atoms with Gasteiger partial charge >= 0.3 is 0 Å². The van der Waals surface area contributed by atoms with Crippen molar-refractivity contribution in [3.8, 4) is 0 Å². The molecule has 2 atom stereocenters. The van der Waals surface area contributed by atoms with E-state index in [1.807, 2.05) is 0 Å². The third kappa shape index (κ3) is 3.89. The number of ether oxygens (including phenoxy) is 1. The van der Waals surface area contributed by atoms with Crippen LogP contribution in [0.25, 0.3) is 0 Å². The third-order valence-electron chi connectivity index (χ3n) is 3.74. The summed E-state index contributed by atoms with van der Waals surface area (Å²) in [4.78, 5) is 4.86. The summed E-state index contributed by atoms with van der Waals surface area (Å²) in [6, 6.07) is 0.815. The molecule has 0 aromatic rings. The van der Waals surface area contributed by atoms with Crippen LogP contribution in [0, 0.1) is 0 Å². The smallest absolute Gasteiger partial charge is 0.0599 e. The number of nitrogens with one attached hydrogen (secondary N) is 1. The van der Waals surface area contributed by atoms with Gasteiger partial charge in [0.1, 0.15) is 0 Å². The molecule has 2 unspecified atom stereocenters. The maximum atomic E-state index is 9.37. The van der Waals surface area contributed by atoms with Crippen LogP contribution in [0.4, 0.5) is 0 Å². The Bertz CT molecular complexity index is 222. The molecule has 2 aliphatic heterocycles. The first-order valence-electron chi connectivity index (χ1n) is 6.68. The highest BCUT2D eigenvalue weighted by molar-refractivity contribution is 4.84. The molecule has 0 amide bonds. The van der Waals surface area contributed by atoms with Gasteiger partial charge in [-0.25, -0.2) is 0 Å². The van der Waals surface area contributed by atoms with Gasteiger partial charge in [0.15, 0.2) is 0 Å². The van der Waals surface area contributed by atoms with Crippen LogP contribution in [-0.2, 0) is 4.74 Å². The first-order chi connectivity index (χ1) is 8.29. The molecule has 5 nitrogen and oxygen atoms in total. The van der Waals surface area contributed by atoms with E-state index in [0.717, 1.165) is 52.5 Å². The molecular weight excluding hydrogens is 218 g/mol. The fourth-order valence-electron chi connectivity index (χ4n) is 2.58. The van der Waals surface area contributed by atoms with E-state index in [2.05, 4.69) is 22.0 Å². The van der Waals surface area contributed by atoms with Gasteiger partial charge in [0, 0.05) is 51.4 Å². The molecule has 17 heavy (non-hydrogen) atoms. The van der Waals surface area contributed by atoms with E-state index in [0.29, 0.717) is 6.04 Å². The molecule has 2 heterocycles. The van der Waals surface area contributed by atoms with Crippen LogP contribution in [0.3, 0.4) is 0 Å². The minimum absolute atomic E-state index is 0.253. The second-order valence-electron chi connectivity index (χ2n) is 5.09. The molecule has 2 fully saturated rings. The maximum Gasteiger partial charge on any atom is 0.0599 e. The molecule has 0 spiro atoms. The lowest BCUT2D eigenvalue weighted by atomic mass is 10.1. The molecule has 2 saturated heterocycles. The van der Waals surface area contributed by atoms with E-state index in [9.17, 15) is 5.11 Å². The maximum absolute atomic E-state index is 9.37.